The lowest BCUT2D eigenvalue weighted by atomic mass is 10.1. The molecule has 0 aliphatic rings. The lowest BCUT2D eigenvalue weighted by molar-refractivity contribution is 0.198. The lowest BCUT2D eigenvalue weighted by Gasteiger charge is -2.09. The Hall–Kier alpha value is -2.38. The Morgan fingerprint density at radius 2 is 2.05 bits per heavy atom. The molecule has 4 heteroatoms. The van der Waals surface area contributed by atoms with Crippen LogP contribution in [0.5, 0.6) is 11.5 Å². The van der Waals surface area contributed by atoms with Crippen molar-refractivity contribution in [3.63, 3.8) is 0 Å². The van der Waals surface area contributed by atoms with Gasteiger partial charge < -0.3 is 9.84 Å². The van der Waals surface area contributed by atoms with Gasteiger partial charge in [-0.1, -0.05) is 12.1 Å². The van der Waals surface area contributed by atoms with Gasteiger partial charge in [-0.3, -0.25) is 0 Å². The van der Waals surface area contributed by atoms with Gasteiger partial charge in [-0.15, -0.1) is 0 Å². The quantitative estimate of drug-likeness (QED) is 0.914. The average molecular weight is 257 g/mol. The van der Waals surface area contributed by atoms with E-state index in [0.717, 1.165) is 0 Å². The highest BCUT2D eigenvalue weighted by Gasteiger charge is 2.09. The van der Waals surface area contributed by atoms with Gasteiger partial charge in [0, 0.05) is 0 Å². The molecule has 0 aliphatic carbocycles. The first-order valence-electron chi connectivity index (χ1n) is 5.75. The summed E-state index contributed by atoms with van der Waals surface area (Å²) < 4.78 is 19.2. The molecule has 0 aliphatic heterocycles. The van der Waals surface area contributed by atoms with Crippen molar-refractivity contribution in [1.82, 2.24) is 0 Å². The first-order chi connectivity index (χ1) is 9.10. The Morgan fingerprint density at radius 1 is 1.26 bits per heavy atom. The van der Waals surface area contributed by atoms with Crippen molar-refractivity contribution >= 4 is 0 Å². The summed E-state index contributed by atoms with van der Waals surface area (Å²) in [6.07, 6.45) is -0.731. The second kappa shape index (κ2) is 5.51. The number of hydrogen-bond donors (Lipinski definition) is 1. The molecular weight excluding hydrogens is 245 g/mol. The molecule has 1 atom stereocenters. The van der Waals surface area contributed by atoms with E-state index in [9.17, 15) is 9.50 Å². The minimum atomic E-state index is -0.731. The maximum absolute atomic E-state index is 13.8. The van der Waals surface area contributed by atoms with Crippen LogP contribution in [0.25, 0.3) is 0 Å². The van der Waals surface area contributed by atoms with Crippen molar-refractivity contribution in [1.29, 1.82) is 5.26 Å². The van der Waals surface area contributed by atoms with Crippen LogP contribution in [0.2, 0.25) is 0 Å². The van der Waals surface area contributed by atoms with Gasteiger partial charge in [0.1, 0.15) is 5.75 Å². The van der Waals surface area contributed by atoms with Gasteiger partial charge in [-0.25, -0.2) is 4.39 Å². The molecule has 0 radical (unpaired) electrons. The standard InChI is InChI=1S/C15H12FNO2/c1-10(18)12-5-6-15(14(16)8-12)19-13-4-2-3-11(7-13)9-17/h2-8,10,18H,1H3/t10-/m0/s1. The van der Waals surface area contributed by atoms with Crippen molar-refractivity contribution in [2.45, 2.75) is 13.0 Å². The van der Waals surface area contributed by atoms with Crippen molar-refractivity contribution in [3.8, 4) is 17.6 Å². The number of aliphatic hydroxyl groups is 1. The predicted molar refractivity (Wildman–Crippen MR) is 68.3 cm³/mol. The maximum Gasteiger partial charge on any atom is 0.166 e. The second-order valence-corrected chi connectivity index (χ2v) is 4.11. The first kappa shape index (κ1) is 13.1. The number of nitrogens with zero attached hydrogens (tertiary/aromatic N) is 1. The number of hydrogen-bond acceptors (Lipinski definition) is 3. The fourth-order valence-corrected chi connectivity index (χ4v) is 1.62. The smallest absolute Gasteiger partial charge is 0.166 e. The Kier molecular flexibility index (Phi) is 3.79. The van der Waals surface area contributed by atoms with Crippen LogP contribution >= 0.6 is 0 Å². The maximum atomic E-state index is 13.8. The Morgan fingerprint density at radius 3 is 2.68 bits per heavy atom. The number of rotatable bonds is 3. The van der Waals surface area contributed by atoms with Crippen LogP contribution in [0.1, 0.15) is 24.2 Å². The third kappa shape index (κ3) is 3.09. The molecule has 2 aromatic carbocycles. The lowest BCUT2D eigenvalue weighted by Crippen LogP contribution is -1.94. The van der Waals surface area contributed by atoms with Crippen LogP contribution in [0.4, 0.5) is 4.39 Å². The summed E-state index contributed by atoms with van der Waals surface area (Å²) in [5.41, 5.74) is 0.925. The van der Waals surface area contributed by atoms with E-state index in [1.807, 2.05) is 6.07 Å². The summed E-state index contributed by atoms with van der Waals surface area (Å²) in [5.74, 6) is -0.108. The van der Waals surface area contributed by atoms with E-state index in [4.69, 9.17) is 10.00 Å². The fraction of sp³-hybridized carbons (Fsp3) is 0.133. The summed E-state index contributed by atoms with van der Waals surface area (Å²) in [7, 11) is 0. The molecule has 0 unspecified atom stereocenters. The average Bonchev–Trinajstić information content (AvgIpc) is 2.41. The van der Waals surface area contributed by atoms with Crippen molar-refractivity contribution < 1.29 is 14.2 Å². The molecule has 19 heavy (non-hydrogen) atoms. The molecular formula is C15H12FNO2. The summed E-state index contributed by atoms with van der Waals surface area (Å²) in [6, 6.07) is 12.7. The minimum absolute atomic E-state index is 0.0551. The van der Waals surface area contributed by atoms with Crippen molar-refractivity contribution in [2.75, 3.05) is 0 Å². The van der Waals surface area contributed by atoms with Crippen LogP contribution in [0.3, 0.4) is 0 Å². The number of halogens is 1. The zero-order valence-electron chi connectivity index (χ0n) is 10.3. The third-order valence-electron chi connectivity index (χ3n) is 2.63. The van der Waals surface area contributed by atoms with Gasteiger partial charge >= 0.3 is 0 Å². The van der Waals surface area contributed by atoms with Crippen LogP contribution in [-0.4, -0.2) is 5.11 Å². The zero-order chi connectivity index (χ0) is 13.8. The molecule has 2 aromatic rings. The molecule has 0 aromatic heterocycles. The molecule has 2 rings (SSSR count). The Balaban J connectivity index is 2.26. The topological polar surface area (TPSA) is 53.2 Å². The molecule has 0 bridgehead atoms. The van der Waals surface area contributed by atoms with E-state index in [1.165, 1.54) is 18.2 Å². The molecule has 3 nitrogen and oxygen atoms in total. The molecule has 0 spiro atoms. The first-order valence-corrected chi connectivity index (χ1v) is 5.75. The second-order valence-electron chi connectivity index (χ2n) is 4.11. The van der Waals surface area contributed by atoms with Crippen LogP contribution in [0, 0.1) is 17.1 Å². The van der Waals surface area contributed by atoms with Crippen LogP contribution in [-0.2, 0) is 0 Å². The van der Waals surface area contributed by atoms with E-state index in [1.54, 1.807) is 31.2 Å². The summed E-state index contributed by atoms with van der Waals surface area (Å²) in [6.45, 7) is 1.56. The Labute approximate surface area is 110 Å². The Bertz CT molecular complexity index is 632. The van der Waals surface area contributed by atoms with Gasteiger partial charge in [0.25, 0.3) is 0 Å². The molecule has 0 fully saturated rings. The molecule has 0 heterocycles. The number of aliphatic hydroxyl groups excluding tert-OH is 1. The fourth-order valence-electron chi connectivity index (χ4n) is 1.62. The van der Waals surface area contributed by atoms with Crippen molar-refractivity contribution in [3.05, 3.63) is 59.4 Å². The molecule has 0 saturated carbocycles. The van der Waals surface area contributed by atoms with Crippen molar-refractivity contribution in [2.24, 2.45) is 0 Å². The van der Waals surface area contributed by atoms with Gasteiger partial charge in [0.05, 0.1) is 17.7 Å². The number of benzene rings is 2. The summed E-state index contributed by atoms with van der Waals surface area (Å²) in [4.78, 5) is 0. The highest BCUT2D eigenvalue weighted by atomic mass is 19.1. The highest BCUT2D eigenvalue weighted by molar-refractivity contribution is 5.40. The number of ether oxygens (including phenoxy) is 1. The summed E-state index contributed by atoms with van der Waals surface area (Å²) in [5, 5.41) is 18.1. The number of nitriles is 1. The highest BCUT2D eigenvalue weighted by Crippen LogP contribution is 2.27. The molecule has 0 amide bonds. The van der Waals surface area contributed by atoms with E-state index in [0.29, 0.717) is 16.9 Å². The monoisotopic (exact) mass is 257 g/mol. The zero-order valence-corrected chi connectivity index (χ0v) is 10.3. The van der Waals surface area contributed by atoms with E-state index in [2.05, 4.69) is 0 Å². The van der Waals surface area contributed by atoms with Crippen LogP contribution in [0.15, 0.2) is 42.5 Å². The van der Waals surface area contributed by atoms with Gasteiger partial charge in [-0.2, -0.15) is 5.26 Å². The van der Waals surface area contributed by atoms with E-state index in [-0.39, 0.29) is 5.75 Å². The van der Waals surface area contributed by atoms with E-state index < -0.39 is 11.9 Å². The third-order valence-corrected chi connectivity index (χ3v) is 2.63. The normalized spacial score (nSPS) is 11.7. The predicted octanol–water partition coefficient (Wildman–Crippen LogP) is 3.54. The largest absolute Gasteiger partial charge is 0.454 e. The summed E-state index contributed by atoms with van der Waals surface area (Å²) >= 11 is 0. The SMILES string of the molecule is C[C@H](O)c1ccc(Oc2cccc(C#N)c2)c(F)c1. The molecule has 0 saturated heterocycles. The van der Waals surface area contributed by atoms with Gasteiger partial charge in [0.2, 0.25) is 0 Å². The van der Waals surface area contributed by atoms with Gasteiger partial charge in [0.15, 0.2) is 11.6 Å². The van der Waals surface area contributed by atoms with Gasteiger partial charge in [-0.05, 0) is 42.8 Å². The van der Waals surface area contributed by atoms with E-state index >= 15 is 0 Å². The molecule has 96 valence electrons. The van der Waals surface area contributed by atoms with Crippen LogP contribution < -0.4 is 4.74 Å². The minimum Gasteiger partial charge on any atom is -0.454 e. The molecule has 1 N–H and O–H groups in total.